The average Bonchev–Trinajstić information content (AvgIpc) is 2.25. The first-order valence-electron chi connectivity index (χ1n) is 5.50. The lowest BCUT2D eigenvalue weighted by Gasteiger charge is -2.23. The number of halogens is 1. The highest BCUT2D eigenvalue weighted by molar-refractivity contribution is 6.30. The Morgan fingerprint density at radius 2 is 2.33 bits per heavy atom. The maximum atomic E-state index is 5.96. The van der Waals surface area contributed by atoms with Gasteiger partial charge in [0.2, 0.25) is 0 Å². The molecule has 0 radical (unpaired) electrons. The zero-order valence-corrected chi connectivity index (χ0v) is 9.56. The summed E-state index contributed by atoms with van der Waals surface area (Å²) in [5.74, 6) is 0.708. The van der Waals surface area contributed by atoms with E-state index in [2.05, 4.69) is 5.32 Å². The molecule has 1 aromatic carbocycles. The molecule has 2 nitrogen and oxygen atoms in total. The Morgan fingerprint density at radius 1 is 1.47 bits per heavy atom. The molecule has 0 aromatic heterocycles. The van der Waals surface area contributed by atoms with Gasteiger partial charge in [-0.25, -0.2) is 0 Å². The van der Waals surface area contributed by atoms with Crippen LogP contribution in [0.5, 0.6) is 0 Å². The van der Waals surface area contributed by atoms with Crippen molar-refractivity contribution in [2.24, 2.45) is 5.92 Å². The van der Waals surface area contributed by atoms with Crippen molar-refractivity contribution < 1.29 is 0 Å². The van der Waals surface area contributed by atoms with Gasteiger partial charge in [-0.1, -0.05) is 11.6 Å². The molecule has 0 saturated carbocycles. The van der Waals surface area contributed by atoms with Gasteiger partial charge in [-0.2, -0.15) is 0 Å². The topological polar surface area (TPSA) is 38.0 Å². The molecule has 3 heteroatoms. The third-order valence-electron chi connectivity index (χ3n) is 3.01. The number of rotatable bonds is 2. The van der Waals surface area contributed by atoms with Crippen LogP contribution in [0.3, 0.4) is 0 Å². The molecule has 1 unspecified atom stereocenters. The first-order chi connectivity index (χ1) is 7.25. The Bertz CT molecular complexity index is 332. The maximum absolute atomic E-state index is 5.96. The van der Waals surface area contributed by atoms with E-state index in [1.54, 1.807) is 0 Å². The van der Waals surface area contributed by atoms with Crippen LogP contribution >= 0.6 is 11.6 Å². The highest BCUT2D eigenvalue weighted by Crippen LogP contribution is 2.23. The molecule has 1 fully saturated rings. The van der Waals surface area contributed by atoms with Crippen molar-refractivity contribution in [1.82, 2.24) is 5.32 Å². The molecule has 15 heavy (non-hydrogen) atoms. The van der Waals surface area contributed by atoms with Crippen molar-refractivity contribution in [1.29, 1.82) is 0 Å². The van der Waals surface area contributed by atoms with Gasteiger partial charge in [0.25, 0.3) is 0 Å². The Morgan fingerprint density at radius 3 is 3.07 bits per heavy atom. The Labute approximate surface area is 95.8 Å². The van der Waals surface area contributed by atoms with Crippen molar-refractivity contribution in [3.63, 3.8) is 0 Å². The number of hydrogen-bond acceptors (Lipinski definition) is 2. The molecule has 1 atom stereocenters. The van der Waals surface area contributed by atoms with Crippen molar-refractivity contribution in [3.8, 4) is 0 Å². The van der Waals surface area contributed by atoms with Gasteiger partial charge >= 0.3 is 0 Å². The quantitative estimate of drug-likeness (QED) is 0.758. The molecule has 82 valence electrons. The number of nitrogens with two attached hydrogens (primary N) is 1. The van der Waals surface area contributed by atoms with Crippen LogP contribution in [0.15, 0.2) is 18.2 Å². The lowest BCUT2D eigenvalue weighted by molar-refractivity contribution is 0.376. The van der Waals surface area contributed by atoms with Gasteiger partial charge in [-0.15, -0.1) is 0 Å². The molecule has 0 bridgehead atoms. The molecular formula is C12H17ClN2. The summed E-state index contributed by atoms with van der Waals surface area (Å²) in [6, 6.07) is 5.74. The molecule has 0 spiro atoms. The van der Waals surface area contributed by atoms with E-state index in [1.807, 2.05) is 18.2 Å². The van der Waals surface area contributed by atoms with Gasteiger partial charge in [-0.05, 0) is 62.0 Å². The van der Waals surface area contributed by atoms with Crippen LogP contribution in [-0.2, 0) is 6.42 Å². The van der Waals surface area contributed by atoms with E-state index in [9.17, 15) is 0 Å². The number of hydrogen-bond donors (Lipinski definition) is 2. The van der Waals surface area contributed by atoms with Gasteiger partial charge in [0.05, 0.1) is 0 Å². The predicted molar refractivity (Wildman–Crippen MR) is 65.2 cm³/mol. The molecule has 1 saturated heterocycles. The van der Waals surface area contributed by atoms with Gasteiger partial charge in [0, 0.05) is 10.7 Å². The van der Waals surface area contributed by atoms with Crippen LogP contribution in [0.1, 0.15) is 18.4 Å². The molecular weight excluding hydrogens is 208 g/mol. The number of nitrogens with one attached hydrogen (secondary N) is 1. The summed E-state index contributed by atoms with van der Waals surface area (Å²) in [6.45, 7) is 2.26. The number of piperidine rings is 1. The van der Waals surface area contributed by atoms with Crippen LogP contribution in [0.4, 0.5) is 5.69 Å². The van der Waals surface area contributed by atoms with Gasteiger partial charge in [0.1, 0.15) is 0 Å². The zero-order valence-electron chi connectivity index (χ0n) is 8.80. The highest BCUT2D eigenvalue weighted by Gasteiger charge is 2.14. The van der Waals surface area contributed by atoms with E-state index < -0.39 is 0 Å². The summed E-state index contributed by atoms with van der Waals surface area (Å²) in [4.78, 5) is 0. The minimum atomic E-state index is 0.708. The van der Waals surface area contributed by atoms with Crippen molar-refractivity contribution in [2.45, 2.75) is 19.3 Å². The van der Waals surface area contributed by atoms with Crippen molar-refractivity contribution >= 4 is 17.3 Å². The molecule has 3 N–H and O–H groups in total. The lowest BCUT2D eigenvalue weighted by Crippen LogP contribution is -2.31. The van der Waals surface area contributed by atoms with Crippen molar-refractivity contribution in [2.75, 3.05) is 18.8 Å². The summed E-state index contributed by atoms with van der Waals surface area (Å²) in [5.41, 5.74) is 7.98. The summed E-state index contributed by atoms with van der Waals surface area (Å²) in [5, 5.41) is 4.20. The summed E-state index contributed by atoms with van der Waals surface area (Å²) < 4.78 is 0. The summed E-state index contributed by atoms with van der Waals surface area (Å²) in [7, 11) is 0. The monoisotopic (exact) mass is 224 g/mol. The SMILES string of the molecule is Nc1ccc(Cl)cc1CC1CCCNC1. The predicted octanol–water partition coefficient (Wildman–Crippen LogP) is 2.46. The van der Waals surface area contributed by atoms with E-state index in [-0.39, 0.29) is 0 Å². The number of anilines is 1. The normalized spacial score (nSPS) is 21.5. The van der Waals surface area contributed by atoms with Crippen LogP contribution in [0, 0.1) is 5.92 Å². The second kappa shape index (κ2) is 4.86. The zero-order chi connectivity index (χ0) is 10.7. The molecule has 1 heterocycles. The molecule has 0 amide bonds. The largest absolute Gasteiger partial charge is 0.399 e. The van der Waals surface area contributed by atoms with Gasteiger partial charge in [-0.3, -0.25) is 0 Å². The van der Waals surface area contributed by atoms with Crippen LogP contribution < -0.4 is 11.1 Å². The molecule has 1 aromatic rings. The van der Waals surface area contributed by atoms with E-state index in [4.69, 9.17) is 17.3 Å². The van der Waals surface area contributed by atoms with Gasteiger partial charge < -0.3 is 11.1 Å². The number of nitrogen functional groups attached to an aromatic ring is 1. The highest BCUT2D eigenvalue weighted by atomic mass is 35.5. The van der Waals surface area contributed by atoms with Crippen LogP contribution in [-0.4, -0.2) is 13.1 Å². The average molecular weight is 225 g/mol. The van der Waals surface area contributed by atoms with Crippen LogP contribution in [0.2, 0.25) is 5.02 Å². The standard InChI is InChI=1S/C12H17ClN2/c13-11-3-4-12(14)10(7-11)6-9-2-1-5-15-8-9/h3-4,7,9,15H,1-2,5-6,8,14H2. The minimum absolute atomic E-state index is 0.708. The Hall–Kier alpha value is -0.730. The van der Waals surface area contributed by atoms with E-state index >= 15 is 0 Å². The fraction of sp³-hybridized carbons (Fsp3) is 0.500. The van der Waals surface area contributed by atoms with E-state index in [0.717, 1.165) is 30.2 Å². The van der Waals surface area contributed by atoms with E-state index in [0.29, 0.717) is 5.92 Å². The first kappa shape index (κ1) is 10.8. The summed E-state index contributed by atoms with van der Waals surface area (Å²) >= 11 is 5.96. The van der Waals surface area contributed by atoms with Gasteiger partial charge in [0.15, 0.2) is 0 Å². The maximum Gasteiger partial charge on any atom is 0.0410 e. The third-order valence-corrected chi connectivity index (χ3v) is 3.25. The second-order valence-electron chi connectivity index (χ2n) is 4.26. The fourth-order valence-corrected chi connectivity index (χ4v) is 2.36. The molecule has 1 aliphatic heterocycles. The first-order valence-corrected chi connectivity index (χ1v) is 5.88. The third kappa shape index (κ3) is 2.86. The second-order valence-corrected chi connectivity index (χ2v) is 4.70. The smallest absolute Gasteiger partial charge is 0.0410 e. The minimum Gasteiger partial charge on any atom is -0.399 e. The van der Waals surface area contributed by atoms with E-state index in [1.165, 1.54) is 18.4 Å². The lowest BCUT2D eigenvalue weighted by atomic mass is 9.92. The number of benzene rings is 1. The Kier molecular flexibility index (Phi) is 3.49. The van der Waals surface area contributed by atoms with Crippen molar-refractivity contribution in [3.05, 3.63) is 28.8 Å². The van der Waals surface area contributed by atoms with Crippen LogP contribution in [0.25, 0.3) is 0 Å². The molecule has 1 aliphatic rings. The summed E-state index contributed by atoms with van der Waals surface area (Å²) in [6.07, 6.45) is 3.60. The molecule has 2 rings (SSSR count). The fourth-order valence-electron chi connectivity index (χ4n) is 2.16. The molecule has 0 aliphatic carbocycles. The Balaban J connectivity index is 2.05.